The average molecular weight is 272 g/mol. The Hall–Kier alpha value is -0.870. The molecule has 1 rings (SSSR count). The monoisotopic (exact) mass is 271 g/mol. The van der Waals surface area contributed by atoms with E-state index in [1.165, 1.54) is 5.56 Å². The molecule has 0 heterocycles. The van der Waals surface area contributed by atoms with Crippen molar-refractivity contribution in [2.75, 3.05) is 18.5 Å². The summed E-state index contributed by atoms with van der Waals surface area (Å²) in [5, 5.41) is 3.57. The summed E-state index contributed by atoms with van der Waals surface area (Å²) in [6.45, 7) is 2.52. The number of amides is 1. The number of rotatable bonds is 5. The number of benzene rings is 1. The Morgan fingerprint density at radius 2 is 2.07 bits per heavy atom. The summed E-state index contributed by atoms with van der Waals surface area (Å²) in [7, 11) is 0. The summed E-state index contributed by atoms with van der Waals surface area (Å²) < 4.78 is 4.99. The fraction of sp³-hybridized carbons (Fsp3) is 0.364. The molecule has 82 valence electrons. The van der Waals surface area contributed by atoms with Crippen molar-refractivity contribution in [2.45, 2.75) is 12.3 Å². The molecule has 3 nitrogen and oxygen atoms in total. The van der Waals surface area contributed by atoms with Gasteiger partial charge in [0.1, 0.15) is 6.61 Å². The Morgan fingerprint density at radius 3 is 2.60 bits per heavy atom. The zero-order valence-electron chi connectivity index (χ0n) is 8.63. The van der Waals surface area contributed by atoms with Gasteiger partial charge < -0.3 is 10.1 Å². The Morgan fingerprint density at radius 1 is 1.40 bits per heavy atom. The van der Waals surface area contributed by atoms with Crippen LogP contribution in [-0.4, -0.2) is 19.1 Å². The van der Waals surface area contributed by atoms with Gasteiger partial charge >= 0.3 is 0 Å². The normalized spacial score (nSPS) is 10.0. The lowest BCUT2D eigenvalue weighted by atomic mass is 10.2. The van der Waals surface area contributed by atoms with Crippen molar-refractivity contribution in [1.29, 1.82) is 0 Å². The number of halogens is 1. The van der Waals surface area contributed by atoms with Crippen molar-refractivity contribution < 1.29 is 9.53 Å². The van der Waals surface area contributed by atoms with E-state index in [0.29, 0.717) is 6.61 Å². The van der Waals surface area contributed by atoms with Crippen molar-refractivity contribution >= 4 is 27.5 Å². The molecular formula is C11H14BrNO2. The summed E-state index contributed by atoms with van der Waals surface area (Å²) in [5.74, 6) is -0.122. The van der Waals surface area contributed by atoms with Crippen LogP contribution in [0.15, 0.2) is 24.3 Å². The van der Waals surface area contributed by atoms with E-state index in [9.17, 15) is 4.79 Å². The summed E-state index contributed by atoms with van der Waals surface area (Å²) in [5.41, 5.74) is 1.97. The third-order valence-electron chi connectivity index (χ3n) is 1.83. The van der Waals surface area contributed by atoms with E-state index in [-0.39, 0.29) is 12.5 Å². The van der Waals surface area contributed by atoms with E-state index in [2.05, 4.69) is 21.2 Å². The van der Waals surface area contributed by atoms with E-state index >= 15 is 0 Å². The molecule has 0 fully saturated rings. The SMILES string of the molecule is CCOCC(=O)Nc1ccc(CBr)cc1. The van der Waals surface area contributed by atoms with Crippen LogP contribution >= 0.6 is 15.9 Å². The van der Waals surface area contributed by atoms with E-state index in [0.717, 1.165) is 11.0 Å². The van der Waals surface area contributed by atoms with Crippen LogP contribution in [-0.2, 0) is 14.9 Å². The second-order valence-electron chi connectivity index (χ2n) is 3.02. The zero-order chi connectivity index (χ0) is 11.1. The minimum absolute atomic E-state index is 0.108. The number of ether oxygens (including phenoxy) is 1. The maximum Gasteiger partial charge on any atom is 0.250 e. The average Bonchev–Trinajstić information content (AvgIpc) is 2.27. The molecule has 1 N–H and O–H groups in total. The first kappa shape index (κ1) is 12.2. The summed E-state index contributed by atoms with van der Waals surface area (Å²) in [4.78, 5) is 11.3. The van der Waals surface area contributed by atoms with Crippen molar-refractivity contribution in [3.8, 4) is 0 Å². The highest BCUT2D eigenvalue weighted by Crippen LogP contribution is 2.11. The number of alkyl halides is 1. The quantitative estimate of drug-likeness (QED) is 0.836. The highest BCUT2D eigenvalue weighted by Gasteiger charge is 2.01. The van der Waals surface area contributed by atoms with E-state index in [4.69, 9.17) is 4.74 Å². The highest BCUT2D eigenvalue weighted by atomic mass is 79.9. The summed E-state index contributed by atoms with van der Waals surface area (Å²) in [6.07, 6.45) is 0. The molecule has 4 heteroatoms. The Bertz CT molecular complexity index is 311. The van der Waals surface area contributed by atoms with Crippen LogP contribution in [0, 0.1) is 0 Å². The van der Waals surface area contributed by atoms with Gasteiger partial charge in [0.25, 0.3) is 0 Å². The Kier molecular flexibility index (Phi) is 5.36. The van der Waals surface area contributed by atoms with Gasteiger partial charge in [-0.1, -0.05) is 28.1 Å². The van der Waals surface area contributed by atoms with Crippen LogP contribution in [0.25, 0.3) is 0 Å². The molecule has 15 heavy (non-hydrogen) atoms. The topological polar surface area (TPSA) is 38.3 Å². The van der Waals surface area contributed by atoms with Gasteiger partial charge in [0.05, 0.1) is 0 Å². The Balaban J connectivity index is 2.46. The van der Waals surface area contributed by atoms with Gasteiger partial charge in [-0.25, -0.2) is 0 Å². The molecule has 0 bridgehead atoms. The smallest absolute Gasteiger partial charge is 0.250 e. The van der Waals surface area contributed by atoms with Gasteiger partial charge in [0.2, 0.25) is 5.91 Å². The van der Waals surface area contributed by atoms with Crippen LogP contribution in [0.4, 0.5) is 5.69 Å². The van der Waals surface area contributed by atoms with Crippen LogP contribution in [0.5, 0.6) is 0 Å². The number of hydrogen-bond donors (Lipinski definition) is 1. The fourth-order valence-electron chi connectivity index (χ4n) is 1.07. The molecule has 1 aromatic carbocycles. The van der Waals surface area contributed by atoms with Crippen molar-refractivity contribution in [2.24, 2.45) is 0 Å². The van der Waals surface area contributed by atoms with Gasteiger partial charge in [-0.3, -0.25) is 4.79 Å². The first-order valence-electron chi connectivity index (χ1n) is 4.78. The highest BCUT2D eigenvalue weighted by molar-refractivity contribution is 9.08. The van der Waals surface area contributed by atoms with Crippen LogP contribution in [0.3, 0.4) is 0 Å². The van der Waals surface area contributed by atoms with Gasteiger partial charge in [-0.15, -0.1) is 0 Å². The first-order chi connectivity index (χ1) is 7.26. The number of nitrogens with one attached hydrogen (secondary N) is 1. The molecule has 0 aliphatic rings. The minimum atomic E-state index is -0.122. The third kappa shape index (κ3) is 4.44. The largest absolute Gasteiger partial charge is 0.372 e. The van der Waals surface area contributed by atoms with E-state index in [1.54, 1.807) is 0 Å². The van der Waals surface area contributed by atoms with Crippen LogP contribution < -0.4 is 5.32 Å². The second kappa shape index (κ2) is 6.58. The Labute approximate surface area is 97.9 Å². The fourth-order valence-corrected chi connectivity index (χ4v) is 1.44. The minimum Gasteiger partial charge on any atom is -0.372 e. The number of carbonyl (C=O) groups is 1. The molecule has 1 amide bonds. The van der Waals surface area contributed by atoms with Gasteiger partial charge in [-0.2, -0.15) is 0 Å². The van der Waals surface area contributed by atoms with Crippen molar-refractivity contribution in [3.63, 3.8) is 0 Å². The third-order valence-corrected chi connectivity index (χ3v) is 2.48. The zero-order valence-corrected chi connectivity index (χ0v) is 10.2. The van der Waals surface area contributed by atoms with Crippen molar-refractivity contribution in [1.82, 2.24) is 0 Å². The van der Waals surface area contributed by atoms with Crippen molar-refractivity contribution in [3.05, 3.63) is 29.8 Å². The summed E-state index contributed by atoms with van der Waals surface area (Å²) in [6, 6.07) is 7.68. The second-order valence-corrected chi connectivity index (χ2v) is 3.58. The predicted molar refractivity (Wildman–Crippen MR) is 64.2 cm³/mol. The molecule has 0 aliphatic carbocycles. The lowest BCUT2D eigenvalue weighted by molar-refractivity contribution is -0.120. The maximum absolute atomic E-state index is 11.3. The summed E-state index contributed by atoms with van der Waals surface area (Å²) >= 11 is 3.36. The van der Waals surface area contributed by atoms with Gasteiger partial charge in [-0.05, 0) is 24.6 Å². The number of anilines is 1. The molecule has 0 aromatic heterocycles. The molecule has 0 saturated heterocycles. The van der Waals surface area contributed by atoms with Crippen LogP contribution in [0.1, 0.15) is 12.5 Å². The molecule has 0 saturated carbocycles. The molecule has 1 aromatic rings. The lowest BCUT2D eigenvalue weighted by Gasteiger charge is -2.05. The molecule has 0 atom stereocenters. The first-order valence-corrected chi connectivity index (χ1v) is 5.91. The maximum atomic E-state index is 11.3. The molecule has 0 unspecified atom stereocenters. The van der Waals surface area contributed by atoms with Gasteiger partial charge in [0, 0.05) is 17.6 Å². The van der Waals surface area contributed by atoms with Crippen LogP contribution in [0.2, 0.25) is 0 Å². The molecular weight excluding hydrogens is 258 g/mol. The number of carbonyl (C=O) groups excluding carboxylic acids is 1. The molecule has 0 spiro atoms. The van der Waals surface area contributed by atoms with Gasteiger partial charge in [0.15, 0.2) is 0 Å². The molecule has 0 aliphatic heterocycles. The number of hydrogen-bond acceptors (Lipinski definition) is 2. The molecule has 0 radical (unpaired) electrons. The standard InChI is InChI=1S/C11H14BrNO2/c1-2-15-8-11(14)13-10-5-3-9(7-12)4-6-10/h3-6H,2,7-8H2,1H3,(H,13,14). The lowest BCUT2D eigenvalue weighted by Crippen LogP contribution is -2.18. The van der Waals surface area contributed by atoms with E-state index < -0.39 is 0 Å². The van der Waals surface area contributed by atoms with E-state index in [1.807, 2.05) is 31.2 Å². The predicted octanol–water partition coefficient (Wildman–Crippen LogP) is 2.56.